The second-order valence-corrected chi connectivity index (χ2v) is 4.96. The van der Waals surface area contributed by atoms with Crippen LogP contribution in [0.25, 0.3) is 0 Å². The minimum Gasteiger partial charge on any atom is -0.876 e. The van der Waals surface area contributed by atoms with Gasteiger partial charge in [0, 0.05) is 12.3 Å². The summed E-state index contributed by atoms with van der Waals surface area (Å²) in [7, 11) is 0. The number of ketones is 1. The molecule has 5 nitrogen and oxygen atoms in total. The monoisotopic (exact) mass is 344 g/mol. The summed E-state index contributed by atoms with van der Waals surface area (Å²) < 4.78 is 0. The van der Waals surface area contributed by atoms with Crippen LogP contribution in [0.2, 0.25) is 0 Å². The number of carbonyl (C=O) groups excluding carboxylic acids is 2. The summed E-state index contributed by atoms with van der Waals surface area (Å²) in [5, 5.41) is 20.1. The summed E-state index contributed by atoms with van der Waals surface area (Å²) in [5.74, 6) is -1.55. The van der Waals surface area contributed by atoms with Gasteiger partial charge in [-0.2, -0.15) is 0 Å². The molecule has 0 aromatic carbocycles. The number of carboxylic acid groups (broad SMARTS) is 1. The van der Waals surface area contributed by atoms with Crippen LogP contribution in [-0.4, -0.2) is 24.0 Å². The first-order chi connectivity index (χ1) is 9.41. The van der Waals surface area contributed by atoms with E-state index in [2.05, 4.69) is 4.99 Å². The van der Waals surface area contributed by atoms with Crippen molar-refractivity contribution in [2.24, 2.45) is 4.99 Å². The van der Waals surface area contributed by atoms with Crippen LogP contribution in [0.1, 0.15) is 58.8 Å². The zero-order valence-electron chi connectivity index (χ0n) is 12.6. The molecule has 21 heavy (non-hydrogen) atoms. The first-order valence-electron chi connectivity index (χ1n) is 7.02. The van der Waals surface area contributed by atoms with E-state index in [9.17, 15) is 19.8 Å². The van der Waals surface area contributed by atoms with Crippen LogP contribution in [0.4, 0.5) is 0 Å². The number of allylic oxidation sites excluding steroid dienone is 2. The van der Waals surface area contributed by atoms with Crippen LogP contribution in [0.5, 0.6) is 0 Å². The largest absolute Gasteiger partial charge is 2.00 e. The molecular formula is C15H23CuNO4. The van der Waals surface area contributed by atoms with E-state index < -0.39 is 5.97 Å². The maximum atomic E-state index is 10.1. The first-order valence-corrected chi connectivity index (χ1v) is 7.02. The van der Waals surface area contributed by atoms with Crippen molar-refractivity contribution in [2.75, 3.05) is 0 Å². The Bertz CT molecular complexity index is 355. The first kappa shape index (κ1) is 22.2. The summed E-state index contributed by atoms with van der Waals surface area (Å²) in [6, 6.07) is 0.221. The maximum Gasteiger partial charge on any atom is 2.00 e. The fourth-order valence-electron chi connectivity index (χ4n) is 2.04. The van der Waals surface area contributed by atoms with Gasteiger partial charge in [-0.1, -0.05) is 39.0 Å². The number of hydrogen-bond acceptors (Lipinski definition) is 5. The number of rotatable bonds is 3. The molecule has 0 aromatic rings. The van der Waals surface area contributed by atoms with Gasteiger partial charge in [0.05, 0.1) is 5.97 Å². The number of hydrogen-bond donors (Lipinski definition) is 0. The van der Waals surface area contributed by atoms with Crippen LogP contribution in [0.3, 0.4) is 0 Å². The van der Waals surface area contributed by atoms with Crippen LogP contribution >= 0.6 is 0 Å². The Labute approximate surface area is 137 Å². The van der Waals surface area contributed by atoms with E-state index in [1.165, 1.54) is 46.0 Å². The Kier molecular flexibility index (Phi) is 14.6. The van der Waals surface area contributed by atoms with E-state index in [1.807, 2.05) is 0 Å². The number of aliphatic carboxylic acids is 1. The Morgan fingerprint density at radius 2 is 1.48 bits per heavy atom. The Balaban J connectivity index is 0. The van der Waals surface area contributed by atoms with E-state index in [0.717, 1.165) is 25.1 Å². The van der Waals surface area contributed by atoms with Gasteiger partial charge in [-0.15, -0.1) is 5.76 Å². The van der Waals surface area contributed by atoms with Gasteiger partial charge in [-0.05, 0) is 25.8 Å². The summed E-state index contributed by atoms with van der Waals surface area (Å²) >= 11 is 0. The average Bonchev–Trinajstić information content (AvgIpc) is 2.25. The third kappa shape index (κ3) is 16.8. The zero-order valence-corrected chi connectivity index (χ0v) is 13.5. The zero-order chi connectivity index (χ0) is 15.4. The standard InChI is InChI=1S/C10H17NO2.C5H8O2.Cu/c12-10(13)8-11-9-6-4-2-1-3-5-7-9;1-4(6)3-5(2)7;/h8-9H,1-7H2,(H,12,13);3,6H,1-2H3;/q;;+2/p-2/b11-8+;4-3-;. The molecule has 6 heteroatoms. The molecule has 1 aliphatic rings. The number of carboxylic acids is 1. The van der Waals surface area contributed by atoms with Gasteiger partial charge in [0.25, 0.3) is 0 Å². The molecule has 0 heterocycles. The fourth-order valence-corrected chi connectivity index (χ4v) is 2.04. The van der Waals surface area contributed by atoms with E-state index in [-0.39, 0.29) is 34.7 Å². The van der Waals surface area contributed by atoms with Crippen LogP contribution < -0.4 is 10.2 Å². The second-order valence-electron chi connectivity index (χ2n) is 4.96. The van der Waals surface area contributed by atoms with Gasteiger partial charge in [0.1, 0.15) is 0 Å². The quantitative estimate of drug-likeness (QED) is 0.327. The summed E-state index contributed by atoms with van der Waals surface area (Å²) in [5.41, 5.74) is 0. The molecule has 0 spiro atoms. The SMILES string of the molecule is CC(=O)/C=C(/C)[O-].O=C([O-])/C=N/C1CCCCCCC1.[Cu+2]. The molecule has 0 atom stereocenters. The number of nitrogens with zero attached hydrogens (tertiary/aromatic N) is 1. The molecule has 0 aliphatic heterocycles. The Hall–Kier alpha value is -1.13. The fraction of sp³-hybridized carbons (Fsp3) is 0.667. The Morgan fingerprint density at radius 3 is 1.81 bits per heavy atom. The molecule has 1 saturated carbocycles. The molecule has 0 unspecified atom stereocenters. The third-order valence-electron chi connectivity index (χ3n) is 2.87. The van der Waals surface area contributed by atoms with Crippen LogP contribution in [0.15, 0.2) is 16.8 Å². The van der Waals surface area contributed by atoms with Crippen LogP contribution in [-0.2, 0) is 26.7 Å². The predicted octanol–water partition coefficient (Wildman–Crippen LogP) is 0.757. The van der Waals surface area contributed by atoms with Gasteiger partial charge in [0.15, 0.2) is 5.78 Å². The molecule has 1 rings (SSSR count). The van der Waals surface area contributed by atoms with Crippen LogP contribution in [0, 0.1) is 0 Å². The van der Waals surface area contributed by atoms with Gasteiger partial charge in [-0.3, -0.25) is 9.79 Å². The van der Waals surface area contributed by atoms with Crippen molar-refractivity contribution in [1.29, 1.82) is 0 Å². The molecule has 0 aromatic heterocycles. The second kappa shape index (κ2) is 13.8. The molecule has 1 fully saturated rings. The van der Waals surface area contributed by atoms with Crippen molar-refractivity contribution in [3.63, 3.8) is 0 Å². The number of carbonyl (C=O) groups is 2. The smallest absolute Gasteiger partial charge is 0.876 e. The Morgan fingerprint density at radius 1 is 1.00 bits per heavy atom. The van der Waals surface area contributed by atoms with E-state index in [1.54, 1.807) is 0 Å². The van der Waals surface area contributed by atoms with Gasteiger partial charge in [0.2, 0.25) is 0 Å². The topological polar surface area (TPSA) is 92.6 Å². The van der Waals surface area contributed by atoms with Crippen molar-refractivity contribution in [2.45, 2.75) is 64.8 Å². The summed E-state index contributed by atoms with van der Waals surface area (Å²) in [4.78, 5) is 24.1. The van der Waals surface area contributed by atoms with Gasteiger partial charge < -0.3 is 15.0 Å². The molecule has 123 valence electrons. The van der Waals surface area contributed by atoms with Gasteiger partial charge >= 0.3 is 17.1 Å². The molecule has 0 bridgehead atoms. The van der Waals surface area contributed by atoms with Crippen molar-refractivity contribution >= 4 is 18.0 Å². The van der Waals surface area contributed by atoms with Crippen molar-refractivity contribution in [3.8, 4) is 0 Å². The molecule has 0 amide bonds. The maximum absolute atomic E-state index is 10.1. The molecule has 1 aliphatic carbocycles. The molecular weight excluding hydrogens is 322 g/mol. The van der Waals surface area contributed by atoms with E-state index >= 15 is 0 Å². The molecule has 1 radical (unpaired) electrons. The predicted molar refractivity (Wildman–Crippen MR) is 74.0 cm³/mol. The van der Waals surface area contributed by atoms with Gasteiger partial charge in [-0.25, -0.2) is 0 Å². The van der Waals surface area contributed by atoms with Crippen molar-refractivity contribution in [1.82, 2.24) is 0 Å². The molecule has 0 N–H and O–H groups in total. The number of aliphatic imine (C=N–C) groups is 1. The average molecular weight is 345 g/mol. The molecule has 0 saturated heterocycles. The van der Waals surface area contributed by atoms with E-state index in [4.69, 9.17) is 0 Å². The van der Waals surface area contributed by atoms with Crippen molar-refractivity contribution in [3.05, 3.63) is 11.8 Å². The normalized spacial score (nSPS) is 17.0. The minimum absolute atomic E-state index is 0. The summed E-state index contributed by atoms with van der Waals surface area (Å²) in [6.45, 7) is 2.70. The van der Waals surface area contributed by atoms with Crippen molar-refractivity contribution < 1.29 is 36.9 Å². The summed E-state index contributed by atoms with van der Waals surface area (Å²) in [6.07, 6.45) is 10.2. The third-order valence-corrected chi connectivity index (χ3v) is 2.87. The van der Waals surface area contributed by atoms with E-state index in [0.29, 0.717) is 0 Å². The minimum atomic E-state index is -1.18.